The maximum absolute atomic E-state index is 12.4. The fourth-order valence-corrected chi connectivity index (χ4v) is 2.64. The summed E-state index contributed by atoms with van der Waals surface area (Å²) < 4.78 is 5.07. The largest absolute Gasteiger partial charge is 0.504 e. The Morgan fingerprint density at radius 2 is 1.82 bits per heavy atom. The number of amides is 2. The van der Waals surface area contributed by atoms with E-state index in [1.54, 1.807) is 36.4 Å². The number of aromatic hydroxyl groups is 2. The van der Waals surface area contributed by atoms with Gasteiger partial charge in [0.1, 0.15) is 0 Å². The second-order valence-corrected chi connectivity index (χ2v) is 6.29. The quantitative estimate of drug-likeness (QED) is 0.491. The van der Waals surface area contributed by atoms with Crippen molar-refractivity contribution in [3.8, 4) is 11.5 Å². The third-order valence-electron chi connectivity index (χ3n) is 4.23. The first-order valence-electron chi connectivity index (χ1n) is 8.68. The number of aryl methyl sites for hydroxylation is 1. The maximum atomic E-state index is 12.4. The van der Waals surface area contributed by atoms with Crippen molar-refractivity contribution in [1.82, 2.24) is 5.32 Å². The van der Waals surface area contributed by atoms with E-state index in [9.17, 15) is 19.8 Å². The van der Waals surface area contributed by atoms with Crippen molar-refractivity contribution in [3.63, 3.8) is 0 Å². The number of rotatable bonds is 6. The molecule has 0 unspecified atom stereocenters. The zero-order valence-corrected chi connectivity index (χ0v) is 15.2. The van der Waals surface area contributed by atoms with E-state index in [2.05, 4.69) is 10.6 Å². The molecule has 1 heterocycles. The van der Waals surface area contributed by atoms with Gasteiger partial charge < -0.3 is 25.3 Å². The summed E-state index contributed by atoms with van der Waals surface area (Å²) in [6, 6.07) is 12.8. The Morgan fingerprint density at radius 3 is 2.54 bits per heavy atom. The van der Waals surface area contributed by atoms with Crippen molar-refractivity contribution in [2.45, 2.75) is 13.3 Å². The molecule has 4 N–H and O–H groups in total. The van der Waals surface area contributed by atoms with Gasteiger partial charge >= 0.3 is 0 Å². The first-order chi connectivity index (χ1) is 13.4. The van der Waals surface area contributed by atoms with Crippen LogP contribution >= 0.6 is 0 Å². The molecule has 0 bridgehead atoms. The van der Waals surface area contributed by atoms with Gasteiger partial charge in [0.25, 0.3) is 11.8 Å². The summed E-state index contributed by atoms with van der Waals surface area (Å²) in [6.07, 6.45) is 1.91. The Morgan fingerprint density at radius 1 is 1.00 bits per heavy atom. The lowest BCUT2D eigenvalue weighted by Gasteiger charge is -2.11. The zero-order valence-electron chi connectivity index (χ0n) is 15.2. The Hall–Kier alpha value is -3.74. The summed E-state index contributed by atoms with van der Waals surface area (Å²) in [5, 5.41) is 24.4. The Labute approximate surface area is 161 Å². The fraction of sp³-hybridized carbons (Fsp3) is 0.143. The van der Waals surface area contributed by atoms with Crippen LogP contribution in [-0.2, 0) is 6.42 Å². The molecule has 3 rings (SSSR count). The standard InChI is InChI=1S/C21H20N2O5/c1-13-4-6-15(12-16(13)23-21(27)19-3-2-10-28-19)20(26)22-9-8-14-5-7-17(24)18(25)11-14/h2-7,10-12,24-25H,8-9H2,1H3,(H,22,26)(H,23,27). The highest BCUT2D eigenvalue weighted by atomic mass is 16.3. The summed E-state index contributed by atoms with van der Waals surface area (Å²) >= 11 is 0. The van der Waals surface area contributed by atoms with Crippen molar-refractivity contribution in [2.75, 3.05) is 11.9 Å². The molecule has 3 aromatic rings. The van der Waals surface area contributed by atoms with E-state index in [4.69, 9.17) is 4.42 Å². The number of anilines is 1. The lowest BCUT2D eigenvalue weighted by atomic mass is 10.1. The first-order valence-corrected chi connectivity index (χ1v) is 8.68. The van der Waals surface area contributed by atoms with Crippen molar-refractivity contribution in [3.05, 3.63) is 77.2 Å². The molecule has 1 aromatic heterocycles. The molecule has 144 valence electrons. The van der Waals surface area contributed by atoms with Crippen LogP contribution in [0.5, 0.6) is 11.5 Å². The zero-order chi connectivity index (χ0) is 20.1. The molecule has 28 heavy (non-hydrogen) atoms. The van der Waals surface area contributed by atoms with Crippen molar-refractivity contribution in [2.24, 2.45) is 0 Å². The Bertz CT molecular complexity index is 996. The third kappa shape index (κ3) is 4.50. The maximum Gasteiger partial charge on any atom is 0.291 e. The second kappa shape index (κ2) is 8.30. The third-order valence-corrected chi connectivity index (χ3v) is 4.23. The minimum absolute atomic E-state index is 0.184. The summed E-state index contributed by atoms with van der Waals surface area (Å²) in [6.45, 7) is 2.18. The van der Waals surface area contributed by atoms with E-state index in [0.717, 1.165) is 11.1 Å². The number of carbonyl (C=O) groups is 2. The van der Waals surface area contributed by atoms with Gasteiger partial charge in [0, 0.05) is 17.8 Å². The highest BCUT2D eigenvalue weighted by molar-refractivity contribution is 6.03. The number of carbonyl (C=O) groups excluding carboxylic acids is 2. The predicted octanol–water partition coefficient (Wildman–Crippen LogP) is 3.22. The number of phenols is 2. The number of phenolic OH excluding ortho intramolecular Hbond substituents is 2. The molecule has 0 spiro atoms. The van der Waals surface area contributed by atoms with Crippen LogP contribution in [-0.4, -0.2) is 28.6 Å². The molecule has 7 nitrogen and oxygen atoms in total. The van der Waals surface area contributed by atoms with Crippen molar-refractivity contribution in [1.29, 1.82) is 0 Å². The van der Waals surface area contributed by atoms with Crippen LogP contribution in [0.2, 0.25) is 0 Å². The van der Waals surface area contributed by atoms with Crippen LogP contribution in [0.15, 0.2) is 59.2 Å². The van der Waals surface area contributed by atoms with Gasteiger partial charge in [-0.15, -0.1) is 0 Å². The van der Waals surface area contributed by atoms with Gasteiger partial charge in [-0.05, 0) is 60.9 Å². The molecule has 0 aliphatic carbocycles. The number of benzene rings is 2. The van der Waals surface area contributed by atoms with Gasteiger partial charge in [-0.25, -0.2) is 0 Å². The van der Waals surface area contributed by atoms with E-state index in [1.807, 2.05) is 6.92 Å². The fourth-order valence-electron chi connectivity index (χ4n) is 2.64. The molecule has 2 amide bonds. The summed E-state index contributed by atoms with van der Waals surface area (Å²) in [7, 11) is 0. The van der Waals surface area contributed by atoms with Crippen LogP contribution < -0.4 is 10.6 Å². The lowest BCUT2D eigenvalue weighted by molar-refractivity contribution is 0.0952. The smallest absolute Gasteiger partial charge is 0.291 e. The van der Waals surface area contributed by atoms with Crippen LogP contribution in [0, 0.1) is 6.92 Å². The van der Waals surface area contributed by atoms with Gasteiger partial charge in [0.05, 0.1) is 6.26 Å². The van der Waals surface area contributed by atoms with E-state index >= 15 is 0 Å². The minimum atomic E-state index is -0.391. The van der Waals surface area contributed by atoms with E-state index in [-0.39, 0.29) is 23.2 Å². The van der Waals surface area contributed by atoms with Gasteiger partial charge in [-0.3, -0.25) is 9.59 Å². The molecule has 0 aliphatic rings. The molecule has 0 fully saturated rings. The SMILES string of the molecule is Cc1ccc(C(=O)NCCc2ccc(O)c(O)c2)cc1NC(=O)c1ccco1. The van der Waals surface area contributed by atoms with Crippen molar-refractivity contribution >= 4 is 17.5 Å². The molecule has 2 aromatic carbocycles. The number of hydrogen-bond donors (Lipinski definition) is 4. The second-order valence-electron chi connectivity index (χ2n) is 6.29. The Balaban J connectivity index is 1.61. The summed E-state index contributed by atoms with van der Waals surface area (Å²) in [4.78, 5) is 24.5. The average Bonchev–Trinajstić information content (AvgIpc) is 3.21. The normalized spacial score (nSPS) is 10.5. The van der Waals surface area contributed by atoms with Gasteiger partial charge in [-0.1, -0.05) is 12.1 Å². The molecular formula is C21H20N2O5. The predicted molar refractivity (Wildman–Crippen MR) is 104 cm³/mol. The lowest BCUT2D eigenvalue weighted by Crippen LogP contribution is -2.26. The molecular weight excluding hydrogens is 360 g/mol. The highest BCUT2D eigenvalue weighted by Crippen LogP contribution is 2.25. The van der Waals surface area contributed by atoms with Gasteiger partial charge in [-0.2, -0.15) is 0 Å². The topological polar surface area (TPSA) is 112 Å². The number of furan rings is 1. The molecule has 0 saturated heterocycles. The number of nitrogens with one attached hydrogen (secondary N) is 2. The van der Waals surface area contributed by atoms with E-state index < -0.39 is 5.91 Å². The Kier molecular flexibility index (Phi) is 5.64. The highest BCUT2D eigenvalue weighted by Gasteiger charge is 2.13. The minimum Gasteiger partial charge on any atom is -0.504 e. The molecule has 7 heteroatoms. The summed E-state index contributed by atoms with van der Waals surface area (Å²) in [5.41, 5.74) is 2.54. The average molecular weight is 380 g/mol. The van der Waals surface area contributed by atoms with Gasteiger partial charge in [0.15, 0.2) is 17.3 Å². The van der Waals surface area contributed by atoms with E-state index in [0.29, 0.717) is 24.2 Å². The van der Waals surface area contributed by atoms with Crippen LogP contribution in [0.4, 0.5) is 5.69 Å². The molecule has 0 saturated carbocycles. The van der Waals surface area contributed by atoms with Crippen LogP contribution in [0.1, 0.15) is 32.0 Å². The van der Waals surface area contributed by atoms with Crippen LogP contribution in [0.25, 0.3) is 0 Å². The van der Waals surface area contributed by atoms with Crippen LogP contribution in [0.3, 0.4) is 0 Å². The van der Waals surface area contributed by atoms with E-state index in [1.165, 1.54) is 18.4 Å². The number of hydrogen-bond acceptors (Lipinski definition) is 5. The monoisotopic (exact) mass is 380 g/mol. The summed E-state index contributed by atoms with van der Waals surface area (Å²) in [5.74, 6) is -0.864. The molecule has 0 radical (unpaired) electrons. The van der Waals surface area contributed by atoms with Gasteiger partial charge in [0.2, 0.25) is 0 Å². The van der Waals surface area contributed by atoms with Crippen molar-refractivity contribution < 1.29 is 24.2 Å². The molecule has 0 atom stereocenters. The molecule has 0 aliphatic heterocycles. The first kappa shape index (κ1) is 19.0.